The summed E-state index contributed by atoms with van der Waals surface area (Å²) in [6.45, 7) is 8.38. The molecule has 0 saturated carbocycles. The third kappa shape index (κ3) is 4.76. The minimum Gasteiger partial charge on any atom is -0.350 e. The number of benzene rings is 1. The van der Waals surface area contributed by atoms with Gasteiger partial charge in [0.1, 0.15) is 0 Å². The number of anilines is 1. The van der Waals surface area contributed by atoms with E-state index in [1.165, 1.54) is 28.9 Å². The lowest BCUT2D eigenvalue weighted by atomic mass is 9.95. The number of hydrogen-bond donors (Lipinski definition) is 2. The SMILES string of the molecule is CC(C)N(Cc1cn(C)c2ccccc12)CC1CCN(c2ncc(C(=O)NO)cn2)CC1. The van der Waals surface area contributed by atoms with E-state index in [9.17, 15) is 4.79 Å². The predicted molar refractivity (Wildman–Crippen MR) is 125 cm³/mol. The summed E-state index contributed by atoms with van der Waals surface area (Å²) in [7, 11) is 2.12. The summed E-state index contributed by atoms with van der Waals surface area (Å²) >= 11 is 0. The molecule has 0 bridgehead atoms. The monoisotopic (exact) mass is 436 g/mol. The molecule has 0 atom stereocenters. The van der Waals surface area contributed by atoms with Gasteiger partial charge in [-0.15, -0.1) is 0 Å². The Hall–Kier alpha value is -2.97. The maximum absolute atomic E-state index is 11.4. The van der Waals surface area contributed by atoms with E-state index < -0.39 is 5.91 Å². The van der Waals surface area contributed by atoms with Gasteiger partial charge >= 0.3 is 0 Å². The Morgan fingerprint density at radius 2 is 1.91 bits per heavy atom. The third-order valence-electron chi connectivity index (χ3n) is 6.48. The smallest absolute Gasteiger partial charge is 0.277 e. The zero-order valence-electron chi connectivity index (χ0n) is 19.0. The number of nitrogens with one attached hydrogen (secondary N) is 1. The zero-order valence-corrected chi connectivity index (χ0v) is 19.0. The average Bonchev–Trinajstić information content (AvgIpc) is 3.14. The van der Waals surface area contributed by atoms with Crippen LogP contribution in [0.5, 0.6) is 0 Å². The fraction of sp³-hybridized carbons (Fsp3) is 0.458. The molecule has 2 N–H and O–H groups in total. The number of aryl methyl sites for hydroxylation is 1. The molecule has 1 aliphatic rings. The van der Waals surface area contributed by atoms with E-state index in [0.717, 1.165) is 39.0 Å². The largest absolute Gasteiger partial charge is 0.350 e. The maximum Gasteiger partial charge on any atom is 0.277 e. The Balaban J connectivity index is 1.37. The van der Waals surface area contributed by atoms with Gasteiger partial charge < -0.3 is 9.47 Å². The van der Waals surface area contributed by atoms with Gasteiger partial charge in [-0.3, -0.25) is 14.9 Å². The molecule has 0 aliphatic carbocycles. The standard InChI is InChI=1S/C24H32N6O2/c1-17(2)30(16-20-15-28(3)22-7-5-4-6-21(20)22)14-18-8-10-29(11-9-18)24-25-12-19(13-26-24)23(31)27-32/h4-7,12-13,15,17-18,32H,8-11,14,16H2,1-3H3,(H,27,31). The number of carbonyl (C=O) groups is 1. The number of para-hydroxylation sites is 1. The van der Waals surface area contributed by atoms with E-state index in [1.54, 1.807) is 5.48 Å². The second-order valence-corrected chi connectivity index (χ2v) is 8.95. The minimum absolute atomic E-state index is 0.243. The summed E-state index contributed by atoms with van der Waals surface area (Å²) in [5, 5.41) is 10.1. The van der Waals surface area contributed by atoms with Crippen molar-refractivity contribution in [2.75, 3.05) is 24.5 Å². The fourth-order valence-electron chi connectivity index (χ4n) is 4.54. The molecule has 1 aromatic carbocycles. The first-order valence-corrected chi connectivity index (χ1v) is 11.2. The maximum atomic E-state index is 11.4. The molecule has 1 saturated heterocycles. The van der Waals surface area contributed by atoms with E-state index in [2.05, 4.69) is 75.7 Å². The molecule has 1 fully saturated rings. The van der Waals surface area contributed by atoms with Crippen molar-refractivity contribution < 1.29 is 10.0 Å². The Morgan fingerprint density at radius 1 is 1.22 bits per heavy atom. The summed E-state index contributed by atoms with van der Waals surface area (Å²) in [6, 6.07) is 9.08. The summed E-state index contributed by atoms with van der Waals surface area (Å²) in [5.41, 5.74) is 4.51. The first-order valence-electron chi connectivity index (χ1n) is 11.2. The van der Waals surface area contributed by atoms with Crippen molar-refractivity contribution in [3.63, 3.8) is 0 Å². The van der Waals surface area contributed by atoms with Crippen LogP contribution in [0, 0.1) is 5.92 Å². The van der Waals surface area contributed by atoms with Gasteiger partial charge in [-0.25, -0.2) is 15.4 Å². The highest BCUT2D eigenvalue weighted by atomic mass is 16.5. The van der Waals surface area contributed by atoms with Crippen molar-refractivity contribution in [3.05, 3.63) is 54.0 Å². The number of rotatable bonds is 7. The fourth-order valence-corrected chi connectivity index (χ4v) is 4.54. The highest BCUT2D eigenvalue weighted by Gasteiger charge is 2.24. The van der Waals surface area contributed by atoms with Crippen molar-refractivity contribution in [2.45, 2.75) is 39.3 Å². The average molecular weight is 437 g/mol. The third-order valence-corrected chi connectivity index (χ3v) is 6.48. The number of carbonyl (C=O) groups excluding carboxylic acids is 1. The van der Waals surface area contributed by atoms with Crippen molar-refractivity contribution in [1.82, 2.24) is 24.9 Å². The van der Waals surface area contributed by atoms with Gasteiger partial charge in [-0.2, -0.15) is 0 Å². The molecule has 0 unspecified atom stereocenters. The second kappa shape index (κ2) is 9.67. The number of amides is 1. The van der Waals surface area contributed by atoms with Crippen LogP contribution in [0.2, 0.25) is 0 Å². The van der Waals surface area contributed by atoms with Crippen LogP contribution in [-0.4, -0.2) is 56.2 Å². The van der Waals surface area contributed by atoms with Crippen LogP contribution in [0.3, 0.4) is 0 Å². The summed E-state index contributed by atoms with van der Waals surface area (Å²) in [5.74, 6) is 0.660. The summed E-state index contributed by atoms with van der Waals surface area (Å²) in [4.78, 5) is 24.8. The Bertz CT molecular complexity index is 1050. The van der Waals surface area contributed by atoms with Gasteiger partial charge in [0, 0.05) is 68.8 Å². The number of aromatic nitrogens is 3. The zero-order chi connectivity index (χ0) is 22.7. The van der Waals surface area contributed by atoms with E-state index >= 15 is 0 Å². The van der Waals surface area contributed by atoms with Crippen molar-refractivity contribution in [3.8, 4) is 0 Å². The lowest BCUT2D eigenvalue weighted by Gasteiger charge is -2.36. The molecule has 32 heavy (non-hydrogen) atoms. The van der Waals surface area contributed by atoms with Crippen molar-refractivity contribution in [2.24, 2.45) is 13.0 Å². The molecule has 1 aliphatic heterocycles. The van der Waals surface area contributed by atoms with Gasteiger partial charge in [-0.1, -0.05) is 18.2 Å². The minimum atomic E-state index is -0.602. The lowest BCUT2D eigenvalue weighted by Crippen LogP contribution is -2.41. The highest BCUT2D eigenvalue weighted by Crippen LogP contribution is 2.26. The number of nitrogens with zero attached hydrogens (tertiary/aromatic N) is 5. The van der Waals surface area contributed by atoms with Gasteiger partial charge in [0.15, 0.2) is 0 Å². The molecule has 8 heteroatoms. The Kier molecular flexibility index (Phi) is 6.72. The van der Waals surface area contributed by atoms with E-state index in [4.69, 9.17) is 5.21 Å². The van der Waals surface area contributed by atoms with Crippen LogP contribution in [0.25, 0.3) is 10.9 Å². The molecule has 8 nitrogen and oxygen atoms in total. The Morgan fingerprint density at radius 3 is 2.56 bits per heavy atom. The van der Waals surface area contributed by atoms with Crippen molar-refractivity contribution in [1.29, 1.82) is 0 Å². The van der Waals surface area contributed by atoms with Crippen LogP contribution in [0.1, 0.15) is 42.6 Å². The van der Waals surface area contributed by atoms with Crippen LogP contribution in [-0.2, 0) is 13.6 Å². The Labute approximate surface area is 188 Å². The molecule has 170 valence electrons. The van der Waals surface area contributed by atoms with Crippen molar-refractivity contribution >= 4 is 22.8 Å². The number of hydroxylamine groups is 1. The molecular formula is C24H32N6O2. The van der Waals surface area contributed by atoms with Gasteiger partial charge in [-0.05, 0) is 44.2 Å². The van der Waals surface area contributed by atoms with E-state index in [0.29, 0.717) is 17.9 Å². The molecule has 2 aromatic heterocycles. The summed E-state index contributed by atoms with van der Waals surface area (Å²) < 4.78 is 2.22. The van der Waals surface area contributed by atoms with E-state index in [-0.39, 0.29) is 5.56 Å². The molecule has 3 aromatic rings. The molecule has 0 spiro atoms. The van der Waals surface area contributed by atoms with Crippen LogP contribution < -0.4 is 10.4 Å². The normalized spacial score (nSPS) is 15.1. The highest BCUT2D eigenvalue weighted by molar-refractivity contribution is 5.92. The second-order valence-electron chi connectivity index (χ2n) is 8.95. The lowest BCUT2D eigenvalue weighted by molar-refractivity contribution is 0.0705. The first kappa shape index (κ1) is 22.2. The molecule has 4 rings (SSSR count). The van der Waals surface area contributed by atoms with E-state index in [1.807, 2.05) is 0 Å². The summed E-state index contributed by atoms with van der Waals surface area (Å²) in [6.07, 6.45) is 7.33. The van der Waals surface area contributed by atoms with Gasteiger partial charge in [0.25, 0.3) is 5.91 Å². The number of fused-ring (bicyclic) bond motifs is 1. The van der Waals surface area contributed by atoms with Gasteiger partial charge in [0.05, 0.1) is 5.56 Å². The predicted octanol–water partition coefficient (Wildman–Crippen LogP) is 3.21. The molecule has 0 radical (unpaired) electrons. The first-order chi connectivity index (χ1) is 15.5. The topological polar surface area (TPSA) is 86.5 Å². The van der Waals surface area contributed by atoms with Crippen LogP contribution in [0.15, 0.2) is 42.9 Å². The van der Waals surface area contributed by atoms with Crippen LogP contribution in [0.4, 0.5) is 5.95 Å². The molecule has 1 amide bonds. The number of piperidine rings is 1. The van der Waals surface area contributed by atoms with Crippen LogP contribution >= 0.6 is 0 Å². The molecule has 3 heterocycles. The van der Waals surface area contributed by atoms with Gasteiger partial charge in [0.2, 0.25) is 5.95 Å². The molecular weight excluding hydrogens is 404 g/mol. The number of hydrogen-bond acceptors (Lipinski definition) is 6. The quantitative estimate of drug-likeness (QED) is 0.437.